The predicted molar refractivity (Wildman–Crippen MR) is 101 cm³/mol. The van der Waals surface area contributed by atoms with Crippen molar-refractivity contribution in [2.24, 2.45) is 0 Å². The average Bonchev–Trinajstić information content (AvgIpc) is 2.64. The van der Waals surface area contributed by atoms with Gasteiger partial charge in [0.05, 0.1) is 0 Å². The molecular formula is C22H17NO. The minimum atomic E-state index is 0.268. The Morgan fingerprint density at radius 1 is 0.583 bits per heavy atom. The van der Waals surface area contributed by atoms with Crippen LogP contribution in [0.3, 0.4) is 0 Å². The fraction of sp³-hybridized carbons (Fsp3) is 0. The number of fused-ring (bicyclic) bond motifs is 1. The monoisotopic (exact) mass is 311 g/mol. The first-order valence-electron chi connectivity index (χ1n) is 7.94. The normalized spacial score (nSPS) is 10.7. The van der Waals surface area contributed by atoms with Gasteiger partial charge in [-0.2, -0.15) is 0 Å². The van der Waals surface area contributed by atoms with Gasteiger partial charge >= 0.3 is 0 Å². The molecule has 2 N–H and O–H groups in total. The third-order valence-electron chi connectivity index (χ3n) is 4.16. The maximum Gasteiger partial charge on any atom is 0.115 e. The number of phenolic OH excluding ortho intramolecular Hbond substituents is 1. The Bertz CT molecular complexity index is 976. The van der Waals surface area contributed by atoms with Gasteiger partial charge in [-0.15, -0.1) is 0 Å². The van der Waals surface area contributed by atoms with Crippen molar-refractivity contribution in [3.05, 3.63) is 91.0 Å². The number of rotatable bonds is 3. The van der Waals surface area contributed by atoms with Gasteiger partial charge in [0.1, 0.15) is 5.75 Å². The average molecular weight is 311 g/mol. The molecule has 0 saturated heterocycles. The van der Waals surface area contributed by atoms with Crippen LogP contribution in [0.4, 0.5) is 11.4 Å². The summed E-state index contributed by atoms with van der Waals surface area (Å²) in [5.41, 5.74) is 4.44. The van der Waals surface area contributed by atoms with Crippen molar-refractivity contribution >= 4 is 22.1 Å². The van der Waals surface area contributed by atoms with Crippen molar-refractivity contribution in [2.75, 3.05) is 5.32 Å². The van der Waals surface area contributed by atoms with Crippen LogP contribution in [0.1, 0.15) is 0 Å². The van der Waals surface area contributed by atoms with Gasteiger partial charge in [0.25, 0.3) is 0 Å². The molecule has 0 fully saturated rings. The van der Waals surface area contributed by atoms with Crippen LogP contribution in [0.5, 0.6) is 5.75 Å². The fourth-order valence-corrected chi connectivity index (χ4v) is 2.98. The standard InChI is InChI=1S/C22H17NO/c24-18-12-10-17(11-13-18)23-22-15-14-19(16-6-2-1-3-7-16)20-8-4-5-9-21(20)22/h1-15,23-24H. The highest BCUT2D eigenvalue weighted by Gasteiger charge is 2.07. The van der Waals surface area contributed by atoms with E-state index in [0.717, 1.165) is 11.4 Å². The van der Waals surface area contributed by atoms with Crippen molar-refractivity contribution < 1.29 is 5.11 Å². The SMILES string of the molecule is Oc1ccc(Nc2ccc(-c3ccccc3)c3ccccc23)cc1. The lowest BCUT2D eigenvalue weighted by Gasteiger charge is -2.13. The molecule has 0 amide bonds. The van der Waals surface area contributed by atoms with Gasteiger partial charge in [-0.05, 0) is 46.8 Å². The quantitative estimate of drug-likeness (QED) is 0.458. The second kappa shape index (κ2) is 6.09. The maximum atomic E-state index is 9.43. The molecule has 4 rings (SSSR count). The van der Waals surface area contributed by atoms with E-state index >= 15 is 0 Å². The maximum absolute atomic E-state index is 9.43. The lowest BCUT2D eigenvalue weighted by atomic mass is 9.97. The number of benzene rings is 4. The Kier molecular flexibility index (Phi) is 3.64. The van der Waals surface area contributed by atoms with Crippen LogP contribution in [-0.2, 0) is 0 Å². The zero-order valence-corrected chi connectivity index (χ0v) is 13.1. The molecule has 0 spiro atoms. The summed E-state index contributed by atoms with van der Waals surface area (Å²) >= 11 is 0. The van der Waals surface area contributed by atoms with Crippen molar-refractivity contribution in [3.8, 4) is 16.9 Å². The summed E-state index contributed by atoms with van der Waals surface area (Å²) in [5.74, 6) is 0.268. The number of aromatic hydroxyl groups is 1. The summed E-state index contributed by atoms with van der Waals surface area (Å²) in [5, 5.41) is 15.3. The van der Waals surface area contributed by atoms with Crippen LogP contribution in [0.15, 0.2) is 91.0 Å². The Morgan fingerprint density at radius 3 is 2.00 bits per heavy atom. The number of nitrogens with one attached hydrogen (secondary N) is 1. The van der Waals surface area contributed by atoms with Crippen molar-refractivity contribution in [3.63, 3.8) is 0 Å². The van der Waals surface area contributed by atoms with E-state index in [1.807, 2.05) is 18.2 Å². The van der Waals surface area contributed by atoms with Gasteiger partial charge in [-0.1, -0.05) is 60.7 Å². The Hall–Kier alpha value is -3.26. The molecule has 0 aliphatic carbocycles. The summed E-state index contributed by atoms with van der Waals surface area (Å²) in [6, 6.07) is 30.2. The number of hydrogen-bond acceptors (Lipinski definition) is 2. The van der Waals surface area contributed by atoms with Crippen molar-refractivity contribution in [1.29, 1.82) is 0 Å². The predicted octanol–water partition coefficient (Wildman–Crippen LogP) is 5.96. The highest BCUT2D eigenvalue weighted by Crippen LogP contribution is 2.34. The highest BCUT2D eigenvalue weighted by atomic mass is 16.3. The molecule has 0 unspecified atom stereocenters. The lowest BCUT2D eigenvalue weighted by molar-refractivity contribution is 0.475. The Labute approximate surface area is 141 Å². The highest BCUT2D eigenvalue weighted by molar-refractivity contribution is 6.04. The molecule has 0 aliphatic heterocycles. The van der Waals surface area contributed by atoms with Gasteiger partial charge in [0.15, 0.2) is 0 Å². The van der Waals surface area contributed by atoms with Crippen LogP contribution in [-0.4, -0.2) is 5.11 Å². The molecule has 24 heavy (non-hydrogen) atoms. The van der Waals surface area contributed by atoms with E-state index in [9.17, 15) is 5.11 Å². The van der Waals surface area contributed by atoms with E-state index < -0.39 is 0 Å². The molecule has 2 heteroatoms. The van der Waals surface area contributed by atoms with E-state index in [1.165, 1.54) is 21.9 Å². The van der Waals surface area contributed by atoms with Gasteiger partial charge < -0.3 is 10.4 Å². The Morgan fingerprint density at radius 2 is 1.25 bits per heavy atom. The number of hydrogen-bond donors (Lipinski definition) is 2. The smallest absolute Gasteiger partial charge is 0.115 e. The van der Waals surface area contributed by atoms with Gasteiger partial charge in [0, 0.05) is 16.8 Å². The molecule has 0 aromatic heterocycles. The molecule has 0 aliphatic rings. The van der Waals surface area contributed by atoms with E-state index in [-0.39, 0.29) is 5.75 Å². The summed E-state index contributed by atoms with van der Waals surface area (Å²) in [7, 11) is 0. The molecule has 0 radical (unpaired) electrons. The zero-order valence-electron chi connectivity index (χ0n) is 13.1. The van der Waals surface area contributed by atoms with Crippen molar-refractivity contribution in [2.45, 2.75) is 0 Å². The van der Waals surface area contributed by atoms with Crippen LogP contribution in [0.25, 0.3) is 21.9 Å². The number of anilines is 2. The molecule has 0 saturated carbocycles. The number of phenols is 1. The largest absolute Gasteiger partial charge is 0.508 e. The second-order valence-corrected chi connectivity index (χ2v) is 5.74. The second-order valence-electron chi connectivity index (χ2n) is 5.74. The van der Waals surface area contributed by atoms with Gasteiger partial charge in [0.2, 0.25) is 0 Å². The minimum Gasteiger partial charge on any atom is -0.508 e. The van der Waals surface area contributed by atoms with Crippen molar-refractivity contribution in [1.82, 2.24) is 0 Å². The first-order valence-corrected chi connectivity index (χ1v) is 7.94. The molecule has 2 nitrogen and oxygen atoms in total. The van der Waals surface area contributed by atoms with Crippen LogP contribution in [0, 0.1) is 0 Å². The summed E-state index contributed by atoms with van der Waals surface area (Å²) < 4.78 is 0. The molecule has 0 bridgehead atoms. The fourth-order valence-electron chi connectivity index (χ4n) is 2.98. The molecule has 0 atom stereocenters. The first kappa shape index (κ1) is 14.3. The van der Waals surface area contributed by atoms with E-state index in [0.29, 0.717) is 0 Å². The summed E-state index contributed by atoms with van der Waals surface area (Å²) in [6.07, 6.45) is 0. The summed E-state index contributed by atoms with van der Waals surface area (Å²) in [6.45, 7) is 0. The summed E-state index contributed by atoms with van der Waals surface area (Å²) in [4.78, 5) is 0. The topological polar surface area (TPSA) is 32.3 Å². The molecule has 0 heterocycles. The first-order chi connectivity index (χ1) is 11.8. The molecule has 4 aromatic rings. The molecule has 4 aromatic carbocycles. The van der Waals surface area contributed by atoms with Gasteiger partial charge in [-0.25, -0.2) is 0 Å². The van der Waals surface area contributed by atoms with Crippen LogP contribution < -0.4 is 5.32 Å². The Balaban J connectivity index is 1.82. The van der Waals surface area contributed by atoms with E-state index in [2.05, 4.69) is 66.0 Å². The minimum absolute atomic E-state index is 0.268. The zero-order chi connectivity index (χ0) is 16.4. The van der Waals surface area contributed by atoms with Gasteiger partial charge in [-0.3, -0.25) is 0 Å². The molecule has 116 valence electrons. The van der Waals surface area contributed by atoms with Crippen LogP contribution >= 0.6 is 0 Å². The third-order valence-corrected chi connectivity index (χ3v) is 4.16. The van der Waals surface area contributed by atoms with Crippen LogP contribution in [0.2, 0.25) is 0 Å². The third kappa shape index (κ3) is 2.70. The van der Waals surface area contributed by atoms with E-state index in [1.54, 1.807) is 12.1 Å². The molecular weight excluding hydrogens is 294 g/mol. The van der Waals surface area contributed by atoms with E-state index in [4.69, 9.17) is 0 Å². The lowest BCUT2D eigenvalue weighted by Crippen LogP contribution is -1.92.